The molecule has 3 aromatic rings. The second-order valence-corrected chi connectivity index (χ2v) is 6.66. The largest absolute Gasteiger partial charge is 0.369 e. The molecular weight excluding hydrogens is 334 g/mol. The van der Waals surface area contributed by atoms with Crippen molar-refractivity contribution in [2.45, 2.75) is 19.8 Å². The molecule has 1 amide bonds. The van der Waals surface area contributed by atoms with Crippen molar-refractivity contribution in [3.8, 4) is 0 Å². The normalized spacial score (nSPS) is 11.8. The van der Waals surface area contributed by atoms with E-state index in [2.05, 4.69) is 63.9 Å². The predicted octanol–water partition coefficient (Wildman–Crippen LogP) is 3.71. The van der Waals surface area contributed by atoms with E-state index >= 15 is 0 Å². The maximum Gasteiger partial charge on any atom is 0.259 e. The van der Waals surface area contributed by atoms with E-state index in [0.29, 0.717) is 16.6 Å². The zero-order valence-electron chi connectivity index (χ0n) is 14.1. The zero-order valence-corrected chi connectivity index (χ0v) is 14.9. The first-order valence-corrected chi connectivity index (χ1v) is 8.84. The molecule has 0 fully saturated rings. The van der Waals surface area contributed by atoms with Gasteiger partial charge in [-0.3, -0.25) is 10.1 Å². The van der Waals surface area contributed by atoms with Crippen molar-refractivity contribution in [2.24, 2.45) is 0 Å². The molecule has 7 heteroatoms. The van der Waals surface area contributed by atoms with E-state index in [1.807, 2.05) is 0 Å². The van der Waals surface area contributed by atoms with Gasteiger partial charge >= 0.3 is 0 Å². The van der Waals surface area contributed by atoms with Crippen LogP contribution in [-0.4, -0.2) is 27.6 Å². The van der Waals surface area contributed by atoms with Gasteiger partial charge in [0.15, 0.2) is 0 Å². The number of rotatable bonds is 6. The van der Waals surface area contributed by atoms with Crippen LogP contribution in [0.15, 0.2) is 48.1 Å². The van der Waals surface area contributed by atoms with Crippen molar-refractivity contribution in [2.75, 3.05) is 17.2 Å². The van der Waals surface area contributed by atoms with E-state index in [4.69, 9.17) is 0 Å². The van der Waals surface area contributed by atoms with Crippen molar-refractivity contribution < 1.29 is 4.79 Å². The van der Waals surface area contributed by atoms with Crippen LogP contribution in [-0.2, 0) is 0 Å². The molecule has 1 atom stereocenters. The SMILES string of the molecule is Cc1cccc(C(C)CNc2ccc(C(=O)Nc3nncs3)cn2)c1. The lowest BCUT2D eigenvalue weighted by Crippen LogP contribution is -2.13. The number of carbonyl (C=O) groups is 1. The standard InChI is InChI=1S/C18H19N5OS/c1-12-4-3-5-14(8-12)13(2)9-19-16-7-6-15(10-20-16)17(24)22-18-23-21-11-25-18/h3-8,10-11,13H,9H2,1-2H3,(H,19,20)(H,22,23,24). The average molecular weight is 353 g/mol. The van der Waals surface area contributed by atoms with Crippen LogP contribution in [0.25, 0.3) is 0 Å². The number of amides is 1. The number of hydrogen-bond acceptors (Lipinski definition) is 6. The highest BCUT2D eigenvalue weighted by molar-refractivity contribution is 7.13. The molecule has 0 aliphatic carbocycles. The molecule has 2 N–H and O–H groups in total. The average Bonchev–Trinajstić information content (AvgIpc) is 3.13. The molecule has 25 heavy (non-hydrogen) atoms. The van der Waals surface area contributed by atoms with Gasteiger partial charge in [-0.05, 0) is 30.5 Å². The van der Waals surface area contributed by atoms with Crippen LogP contribution in [0.2, 0.25) is 0 Å². The van der Waals surface area contributed by atoms with Crippen LogP contribution in [0.5, 0.6) is 0 Å². The molecule has 0 aliphatic rings. The molecule has 0 radical (unpaired) electrons. The maximum absolute atomic E-state index is 12.1. The molecule has 2 heterocycles. The van der Waals surface area contributed by atoms with Crippen LogP contribution in [0, 0.1) is 6.92 Å². The van der Waals surface area contributed by atoms with E-state index < -0.39 is 0 Å². The Labute approximate surface area is 150 Å². The highest BCUT2D eigenvalue weighted by Gasteiger charge is 2.09. The maximum atomic E-state index is 12.1. The Hall–Kier alpha value is -2.80. The first kappa shape index (κ1) is 17.0. The summed E-state index contributed by atoms with van der Waals surface area (Å²) in [5.74, 6) is 0.859. The van der Waals surface area contributed by atoms with Gasteiger partial charge in [0, 0.05) is 12.7 Å². The van der Waals surface area contributed by atoms with E-state index in [0.717, 1.165) is 12.4 Å². The summed E-state index contributed by atoms with van der Waals surface area (Å²) in [6.07, 6.45) is 1.55. The lowest BCUT2D eigenvalue weighted by molar-refractivity contribution is 0.102. The summed E-state index contributed by atoms with van der Waals surface area (Å²) in [7, 11) is 0. The zero-order chi connectivity index (χ0) is 17.6. The summed E-state index contributed by atoms with van der Waals surface area (Å²) < 4.78 is 0. The Morgan fingerprint density at radius 1 is 1.28 bits per heavy atom. The second kappa shape index (κ2) is 7.85. The predicted molar refractivity (Wildman–Crippen MR) is 100 cm³/mol. The third-order valence-corrected chi connectivity index (χ3v) is 4.41. The van der Waals surface area contributed by atoms with Gasteiger partial charge in [0.1, 0.15) is 11.3 Å². The molecule has 1 aromatic carbocycles. The second-order valence-electron chi connectivity index (χ2n) is 5.83. The molecular formula is C18H19N5OS. The van der Waals surface area contributed by atoms with Crippen molar-refractivity contribution in [1.29, 1.82) is 0 Å². The van der Waals surface area contributed by atoms with Crippen molar-refractivity contribution in [3.05, 3.63) is 64.8 Å². The fourth-order valence-corrected chi connectivity index (χ4v) is 2.82. The van der Waals surface area contributed by atoms with Crippen molar-refractivity contribution in [1.82, 2.24) is 15.2 Å². The summed E-state index contributed by atoms with van der Waals surface area (Å²) in [6.45, 7) is 5.04. The number of carbonyl (C=O) groups excluding carboxylic acids is 1. The quantitative estimate of drug-likeness (QED) is 0.706. The van der Waals surface area contributed by atoms with Crippen LogP contribution in [0.4, 0.5) is 10.9 Å². The lowest BCUT2D eigenvalue weighted by Gasteiger charge is -2.14. The number of hydrogen-bond donors (Lipinski definition) is 2. The van der Waals surface area contributed by atoms with Crippen LogP contribution in [0.1, 0.15) is 34.3 Å². The molecule has 0 bridgehead atoms. The Balaban J connectivity index is 1.56. The van der Waals surface area contributed by atoms with Crippen LogP contribution < -0.4 is 10.6 Å². The summed E-state index contributed by atoms with van der Waals surface area (Å²) in [6, 6.07) is 12.0. The van der Waals surface area contributed by atoms with Gasteiger partial charge in [-0.15, -0.1) is 10.2 Å². The monoisotopic (exact) mass is 353 g/mol. The Kier molecular flexibility index (Phi) is 5.35. The fourth-order valence-electron chi connectivity index (χ4n) is 2.38. The number of nitrogens with zero attached hydrogens (tertiary/aromatic N) is 3. The molecule has 128 valence electrons. The summed E-state index contributed by atoms with van der Waals surface area (Å²) >= 11 is 1.27. The smallest absolute Gasteiger partial charge is 0.259 e. The van der Waals surface area contributed by atoms with Gasteiger partial charge in [-0.1, -0.05) is 48.1 Å². The van der Waals surface area contributed by atoms with Crippen LogP contribution in [0.3, 0.4) is 0 Å². The number of anilines is 2. The topological polar surface area (TPSA) is 79.8 Å². The van der Waals surface area contributed by atoms with Gasteiger partial charge in [0.05, 0.1) is 5.56 Å². The Morgan fingerprint density at radius 2 is 2.16 bits per heavy atom. The minimum Gasteiger partial charge on any atom is -0.369 e. The van der Waals surface area contributed by atoms with Crippen molar-refractivity contribution in [3.63, 3.8) is 0 Å². The first-order chi connectivity index (χ1) is 12.1. The highest BCUT2D eigenvalue weighted by atomic mass is 32.1. The van der Waals surface area contributed by atoms with Gasteiger partial charge in [0.2, 0.25) is 5.13 Å². The summed E-state index contributed by atoms with van der Waals surface area (Å²) in [5.41, 5.74) is 4.59. The van der Waals surface area contributed by atoms with Gasteiger partial charge in [-0.25, -0.2) is 4.98 Å². The van der Waals surface area contributed by atoms with E-state index in [1.54, 1.807) is 23.8 Å². The third-order valence-electron chi connectivity index (χ3n) is 3.81. The third kappa shape index (κ3) is 4.60. The van der Waals surface area contributed by atoms with E-state index in [1.165, 1.54) is 22.5 Å². The molecule has 0 spiro atoms. The van der Waals surface area contributed by atoms with Crippen LogP contribution >= 0.6 is 11.3 Å². The van der Waals surface area contributed by atoms with Gasteiger partial charge < -0.3 is 5.32 Å². The van der Waals surface area contributed by atoms with E-state index in [-0.39, 0.29) is 5.91 Å². The molecule has 6 nitrogen and oxygen atoms in total. The number of aryl methyl sites for hydroxylation is 1. The molecule has 1 unspecified atom stereocenters. The van der Waals surface area contributed by atoms with E-state index in [9.17, 15) is 4.79 Å². The minimum atomic E-state index is -0.246. The molecule has 0 saturated heterocycles. The number of benzene rings is 1. The summed E-state index contributed by atoms with van der Waals surface area (Å²) in [5, 5.41) is 13.9. The number of pyridine rings is 1. The van der Waals surface area contributed by atoms with Crippen molar-refractivity contribution >= 4 is 28.2 Å². The Bertz CT molecular complexity index is 833. The van der Waals surface area contributed by atoms with Gasteiger partial charge in [-0.2, -0.15) is 0 Å². The molecule has 0 aliphatic heterocycles. The fraction of sp³-hybridized carbons (Fsp3) is 0.222. The van der Waals surface area contributed by atoms with Gasteiger partial charge in [0.25, 0.3) is 5.91 Å². The molecule has 2 aromatic heterocycles. The Morgan fingerprint density at radius 3 is 2.84 bits per heavy atom. The number of nitrogens with one attached hydrogen (secondary N) is 2. The molecule has 0 saturated carbocycles. The lowest BCUT2D eigenvalue weighted by atomic mass is 9.99. The first-order valence-electron chi connectivity index (χ1n) is 7.96. The molecule has 3 rings (SSSR count). The minimum absolute atomic E-state index is 0.246. The highest BCUT2D eigenvalue weighted by Crippen LogP contribution is 2.17. The summed E-state index contributed by atoms with van der Waals surface area (Å²) in [4.78, 5) is 16.4. The number of aromatic nitrogens is 3.